The van der Waals surface area contributed by atoms with Gasteiger partial charge in [-0.1, -0.05) is 30.3 Å². The first-order valence-corrected chi connectivity index (χ1v) is 10.9. The van der Waals surface area contributed by atoms with Crippen LogP contribution >= 0.6 is 0 Å². The van der Waals surface area contributed by atoms with E-state index in [2.05, 4.69) is 58.8 Å². The Bertz CT molecular complexity index is 973. The molecule has 1 fully saturated rings. The third-order valence-electron chi connectivity index (χ3n) is 6.86. The van der Waals surface area contributed by atoms with Crippen molar-refractivity contribution in [3.63, 3.8) is 0 Å². The molecule has 0 spiro atoms. The predicted molar refractivity (Wildman–Crippen MR) is 119 cm³/mol. The number of para-hydroxylation sites is 1. The highest BCUT2D eigenvalue weighted by Gasteiger charge is 2.37. The zero-order valence-corrected chi connectivity index (χ0v) is 17.2. The summed E-state index contributed by atoms with van der Waals surface area (Å²) in [4.78, 5) is 3.71. The Labute approximate surface area is 172 Å². The van der Waals surface area contributed by atoms with Crippen LogP contribution in [0.4, 0.5) is 0 Å². The molecule has 0 radical (unpaired) electrons. The minimum Gasteiger partial charge on any atom is -0.497 e. The van der Waals surface area contributed by atoms with E-state index in [-0.39, 0.29) is 6.04 Å². The molecule has 1 aromatic heterocycles. The number of fused-ring (bicyclic) bond motifs is 3. The van der Waals surface area contributed by atoms with E-state index >= 15 is 0 Å². The molecule has 29 heavy (non-hydrogen) atoms. The topological polar surface area (TPSA) is 63.1 Å². The lowest BCUT2D eigenvalue weighted by Crippen LogP contribution is -2.41. The van der Waals surface area contributed by atoms with Crippen molar-refractivity contribution in [3.05, 3.63) is 65.4 Å². The Morgan fingerprint density at radius 3 is 2.66 bits per heavy atom. The van der Waals surface area contributed by atoms with Crippen molar-refractivity contribution >= 4 is 10.9 Å². The molecule has 0 amide bonds. The van der Waals surface area contributed by atoms with Crippen molar-refractivity contribution in [2.45, 2.75) is 43.6 Å². The number of hydrogen-bond donors (Lipinski definition) is 3. The molecule has 0 saturated heterocycles. The largest absolute Gasteiger partial charge is 0.497 e. The highest BCUT2D eigenvalue weighted by molar-refractivity contribution is 5.85. The van der Waals surface area contributed by atoms with E-state index in [0.29, 0.717) is 11.8 Å². The van der Waals surface area contributed by atoms with Crippen LogP contribution in [0.5, 0.6) is 5.75 Å². The highest BCUT2D eigenvalue weighted by Crippen LogP contribution is 2.44. The van der Waals surface area contributed by atoms with Crippen molar-refractivity contribution < 1.29 is 4.74 Å². The molecule has 3 aromatic rings. The van der Waals surface area contributed by atoms with E-state index in [1.54, 1.807) is 7.11 Å². The van der Waals surface area contributed by atoms with Gasteiger partial charge in [0.2, 0.25) is 0 Å². The lowest BCUT2D eigenvalue weighted by molar-refractivity contribution is 0.390. The van der Waals surface area contributed by atoms with Gasteiger partial charge in [0.1, 0.15) is 5.75 Å². The van der Waals surface area contributed by atoms with Crippen LogP contribution in [0.2, 0.25) is 0 Å². The van der Waals surface area contributed by atoms with Crippen LogP contribution < -0.4 is 15.8 Å². The minimum absolute atomic E-state index is 0.109. The van der Waals surface area contributed by atoms with Gasteiger partial charge in [0.15, 0.2) is 0 Å². The van der Waals surface area contributed by atoms with Crippen molar-refractivity contribution in [2.75, 3.05) is 20.2 Å². The molecule has 2 aromatic carbocycles. The van der Waals surface area contributed by atoms with Crippen LogP contribution in [0.25, 0.3) is 10.9 Å². The summed E-state index contributed by atoms with van der Waals surface area (Å²) in [6.45, 7) is 2.19. The van der Waals surface area contributed by atoms with Crippen LogP contribution in [0.3, 0.4) is 0 Å². The van der Waals surface area contributed by atoms with Gasteiger partial charge >= 0.3 is 0 Å². The van der Waals surface area contributed by atoms with Gasteiger partial charge < -0.3 is 20.8 Å². The molecule has 0 aliphatic heterocycles. The third kappa shape index (κ3) is 3.67. The Balaban J connectivity index is 1.46. The van der Waals surface area contributed by atoms with Gasteiger partial charge in [0.25, 0.3) is 0 Å². The molecular weight excluding hydrogens is 358 g/mol. The maximum absolute atomic E-state index is 6.97. The summed E-state index contributed by atoms with van der Waals surface area (Å²) in [6.07, 6.45) is 4.82. The normalized spacial score (nSPS) is 23.9. The number of rotatable bonds is 7. The van der Waals surface area contributed by atoms with Crippen molar-refractivity contribution in [1.29, 1.82) is 0 Å². The highest BCUT2D eigenvalue weighted by atomic mass is 16.5. The summed E-state index contributed by atoms with van der Waals surface area (Å²) in [7, 11) is 1.71. The molecule has 1 heterocycles. The number of benzene rings is 2. The average molecular weight is 390 g/mol. The van der Waals surface area contributed by atoms with Gasteiger partial charge in [-0.15, -0.1) is 0 Å². The van der Waals surface area contributed by atoms with E-state index < -0.39 is 0 Å². The second-order valence-electron chi connectivity index (χ2n) is 8.77. The maximum atomic E-state index is 6.97. The number of aromatic nitrogens is 1. The van der Waals surface area contributed by atoms with E-state index in [1.807, 2.05) is 0 Å². The molecule has 4 heteroatoms. The Kier molecular flexibility index (Phi) is 5.06. The van der Waals surface area contributed by atoms with E-state index in [4.69, 9.17) is 10.5 Å². The molecule has 0 bridgehead atoms. The lowest BCUT2D eigenvalue weighted by atomic mass is 9.71. The second kappa shape index (κ2) is 7.85. The molecule has 1 saturated carbocycles. The third-order valence-corrected chi connectivity index (χ3v) is 6.86. The zero-order valence-electron chi connectivity index (χ0n) is 17.2. The summed E-state index contributed by atoms with van der Waals surface area (Å²) in [5.41, 5.74) is 12.3. The summed E-state index contributed by atoms with van der Waals surface area (Å²) in [5.74, 6) is 2.47. The Morgan fingerprint density at radius 2 is 1.90 bits per heavy atom. The summed E-state index contributed by atoms with van der Waals surface area (Å²) in [6, 6.07) is 17.2. The van der Waals surface area contributed by atoms with E-state index in [9.17, 15) is 0 Å². The predicted octanol–water partition coefficient (Wildman–Crippen LogP) is 4.32. The molecule has 152 valence electrons. The summed E-state index contributed by atoms with van der Waals surface area (Å²) in [5, 5.41) is 5.02. The zero-order chi connectivity index (χ0) is 19.8. The first-order valence-electron chi connectivity index (χ1n) is 10.9. The average Bonchev–Trinajstić information content (AvgIpc) is 3.51. The monoisotopic (exact) mass is 389 g/mol. The molecule has 3 unspecified atom stereocenters. The fraction of sp³-hybridized carbons (Fsp3) is 0.440. The first-order chi connectivity index (χ1) is 14.2. The van der Waals surface area contributed by atoms with Gasteiger partial charge in [-0.05, 0) is 74.0 Å². The van der Waals surface area contributed by atoms with Crippen LogP contribution in [0.15, 0.2) is 48.5 Å². The quantitative estimate of drug-likeness (QED) is 0.528. The van der Waals surface area contributed by atoms with E-state index in [0.717, 1.165) is 37.6 Å². The molecule has 3 atom stereocenters. The van der Waals surface area contributed by atoms with E-state index in [1.165, 1.54) is 40.6 Å². The Morgan fingerprint density at radius 1 is 1.10 bits per heavy atom. The lowest BCUT2D eigenvalue weighted by Gasteiger charge is -2.37. The van der Waals surface area contributed by atoms with Crippen molar-refractivity contribution in [2.24, 2.45) is 11.7 Å². The van der Waals surface area contributed by atoms with Gasteiger partial charge in [0, 0.05) is 34.5 Å². The van der Waals surface area contributed by atoms with Crippen LogP contribution in [-0.2, 0) is 6.42 Å². The first kappa shape index (κ1) is 18.7. The number of aromatic amines is 1. The maximum Gasteiger partial charge on any atom is 0.118 e. The Hall–Kier alpha value is -2.30. The number of H-pyrrole nitrogens is 1. The van der Waals surface area contributed by atoms with Crippen LogP contribution in [0.1, 0.15) is 47.9 Å². The second-order valence-corrected chi connectivity index (χ2v) is 8.77. The van der Waals surface area contributed by atoms with Gasteiger partial charge in [0.05, 0.1) is 7.11 Å². The molecule has 5 rings (SSSR count). The SMILES string of the molecule is COc1ccc(C2Cc3[nH]c4ccccc4c3C(CCNCC3CC3)C2N)cc1. The summed E-state index contributed by atoms with van der Waals surface area (Å²) >= 11 is 0. The number of nitrogens with one attached hydrogen (secondary N) is 2. The summed E-state index contributed by atoms with van der Waals surface area (Å²) < 4.78 is 5.34. The fourth-order valence-corrected chi connectivity index (χ4v) is 5.05. The van der Waals surface area contributed by atoms with Crippen molar-refractivity contribution in [3.8, 4) is 5.75 Å². The molecular formula is C25H31N3O. The molecule has 2 aliphatic carbocycles. The number of ether oxygens (including phenoxy) is 1. The number of hydrogen-bond acceptors (Lipinski definition) is 3. The molecule has 4 nitrogen and oxygen atoms in total. The van der Waals surface area contributed by atoms with Gasteiger partial charge in [-0.2, -0.15) is 0 Å². The van der Waals surface area contributed by atoms with Crippen molar-refractivity contribution in [1.82, 2.24) is 10.3 Å². The van der Waals surface area contributed by atoms with Gasteiger partial charge in [-0.25, -0.2) is 0 Å². The smallest absolute Gasteiger partial charge is 0.118 e. The molecule has 4 N–H and O–H groups in total. The van der Waals surface area contributed by atoms with Crippen LogP contribution in [-0.4, -0.2) is 31.2 Å². The van der Waals surface area contributed by atoms with Crippen LogP contribution in [0, 0.1) is 5.92 Å². The standard InChI is InChI=1S/C25H31N3O/c1-29-18-10-8-17(9-11-18)21-14-23-24(19-4-2-3-5-22(19)28-23)20(25(21)26)12-13-27-15-16-6-7-16/h2-5,8-11,16,20-21,25,27-28H,6-7,12-15,26H2,1H3. The minimum atomic E-state index is 0.109. The molecule has 2 aliphatic rings. The number of nitrogens with two attached hydrogens (primary N) is 1. The fourth-order valence-electron chi connectivity index (χ4n) is 5.05. The number of methoxy groups -OCH3 is 1. The van der Waals surface area contributed by atoms with Gasteiger partial charge in [-0.3, -0.25) is 0 Å².